The largest absolute Gasteiger partial charge is 0.326 e. The van der Waals surface area contributed by atoms with Crippen molar-refractivity contribution in [3.05, 3.63) is 59.7 Å². The van der Waals surface area contributed by atoms with Gasteiger partial charge in [-0.3, -0.25) is 0 Å². The molecule has 4 heterocycles. The SMILES string of the molecule is Cc1nc2c(F)cc(-c3nc(Nc4ccc([C@@H](C)C5CCNC5)cn4)ncc3F)cc2n1C(C)C. The number of benzene rings is 1. The summed E-state index contributed by atoms with van der Waals surface area (Å²) in [7, 11) is 0. The number of hydrogen-bond donors (Lipinski definition) is 2. The van der Waals surface area contributed by atoms with Gasteiger partial charge in [-0.15, -0.1) is 0 Å². The average molecular weight is 478 g/mol. The van der Waals surface area contributed by atoms with E-state index in [9.17, 15) is 8.78 Å². The Morgan fingerprint density at radius 3 is 2.57 bits per heavy atom. The van der Waals surface area contributed by atoms with Gasteiger partial charge in [0.1, 0.15) is 22.9 Å². The number of aromatic nitrogens is 5. The zero-order valence-electron chi connectivity index (χ0n) is 20.3. The Morgan fingerprint density at radius 2 is 1.89 bits per heavy atom. The van der Waals surface area contributed by atoms with Gasteiger partial charge in [-0.05, 0) is 75.9 Å². The van der Waals surface area contributed by atoms with Crippen LogP contribution in [-0.4, -0.2) is 37.6 Å². The molecule has 1 aliphatic rings. The van der Waals surface area contributed by atoms with Crippen molar-refractivity contribution in [2.45, 2.75) is 46.1 Å². The first-order valence-corrected chi connectivity index (χ1v) is 12.0. The van der Waals surface area contributed by atoms with E-state index in [1.165, 1.54) is 11.6 Å². The third-order valence-electron chi connectivity index (χ3n) is 6.82. The van der Waals surface area contributed by atoms with E-state index < -0.39 is 11.6 Å². The minimum atomic E-state index is -0.635. The Kier molecular flexibility index (Phi) is 6.19. The molecule has 1 aliphatic heterocycles. The van der Waals surface area contributed by atoms with Crippen LogP contribution in [0.5, 0.6) is 0 Å². The van der Waals surface area contributed by atoms with Crippen LogP contribution in [0.25, 0.3) is 22.3 Å². The molecule has 0 spiro atoms. The molecule has 5 rings (SSSR count). The van der Waals surface area contributed by atoms with Crippen LogP contribution in [0.15, 0.2) is 36.7 Å². The molecule has 1 saturated heterocycles. The summed E-state index contributed by atoms with van der Waals surface area (Å²) in [5, 5.41) is 6.44. The van der Waals surface area contributed by atoms with Crippen molar-refractivity contribution < 1.29 is 8.78 Å². The number of imidazole rings is 1. The fourth-order valence-corrected chi connectivity index (χ4v) is 4.93. The lowest BCUT2D eigenvalue weighted by Gasteiger charge is -2.18. The summed E-state index contributed by atoms with van der Waals surface area (Å²) in [6, 6.07) is 6.97. The Balaban J connectivity index is 1.43. The van der Waals surface area contributed by atoms with Crippen molar-refractivity contribution in [1.82, 2.24) is 29.8 Å². The zero-order valence-corrected chi connectivity index (χ0v) is 20.3. The smallest absolute Gasteiger partial charge is 0.229 e. The van der Waals surface area contributed by atoms with E-state index in [-0.39, 0.29) is 23.2 Å². The fraction of sp³-hybridized carbons (Fsp3) is 0.385. The van der Waals surface area contributed by atoms with Crippen molar-refractivity contribution in [1.29, 1.82) is 0 Å². The highest BCUT2D eigenvalue weighted by molar-refractivity contribution is 5.83. The molecular formula is C26H29F2N7. The van der Waals surface area contributed by atoms with Gasteiger partial charge in [-0.2, -0.15) is 0 Å². The monoisotopic (exact) mass is 477 g/mol. The molecule has 3 aromatic heterocycles. The molecule has 0 bridgehead atoms. The Labute approximate surface area is 203 Å². The Morgan fingerprint density at radius 1 is 1.06 bits per heavy atom. The molecule has 2 N–H and O–H groups in total. The predicted octanol–water partition coefficient (Wildman–Crippen LogP) is 5.51. The number of rotatable bonds is 6. The molecule has 0 amide bonds. The molecule has 35 heavy (non-hydrogen) atoms. The van der Waals surface area contributed by atoms with Crippen LogP contribution >= 0.6 is 0 Å². The van der Waals surface area contributed by atoms with Crippen molar-refractivity contribution in [2.24, 2.45) is 5.92 Å². The van der Waals surface area contributed by atoms with Gasteiger partial charge in [0.05, 0.1) is 11.7 Å². The number of fused-ring (bicyclic) bond motifs is 1. The topological polar surface area (TPSA) is 80.6 Å². The maximum atomic E-state index is 14.9. The molecule has 1 aromatic carbocycles. The van der Waals surface area contributed by atoms with Crippen LogP contribution in [0.1, 0.15) is 50.5 Å². The summed E-state index contributed by atoms with van der Waals surface area (Å²) in [4.78, 5) is 17.3. The van der Waals surface area contributed by atoms with Crippen LogP contribution in [0, 0.1) is 24.5 Å². The third-order valence-corrected chi connectivity index (χ3v) is 6.82. The van der Waals surface area contributed by atoms with Crippen molar-refractivity contribution in [3.8, 4) is 11.3 Å². The summed E-state index contributed by atoms with van der Waals surface area (Å²) in [5.74, 6) is 1.30. The second-order valence-corrected chi connectivity index (χ2v) is 9.48. The van der Waals surface area contributed by atoms with Gasteiger partial charge < -0.3 is 15.2 Å². The molecule has 9 heteroatoms. The first-order chi connectivity index (χ1) is 16.8. The zero-order chi connectivity index (χ0) is 24.7. The molecule has 1 unspecified atom stereocenters. The number of anilines is 2. The molecule has 0 aliphatic carbocycles. The first kappa shape index (κ1) is 23.3. The van der Waals surface area contributed by atoms with Crippen LogP contribution in [0.3, 0.4) is 0 Å². The quantitative estimate of drug-likeness (QED) is 0.381. The van der Waals surface area contributed by atoms with Crippen LogP contribution in [0.4, 0.5) is 20.5 Å². The van der Waals surface area contributed by atoms with Gasteiger partial charge in [-0.25, -0.2) is 28.7 Å². The lowest BCUT2D eigenvalue weighted by atomic mass is 9.88. The molecule has 182 valence electrons. The molecule has 0 saturated carbocycles. The summed E-state index contributed by atoms with van der Waals surface area (Å²) in [5.41, 5.74) is 2.37. The lowest BCUT2D eigenvalue weighted by Crippen LogP contribution is -2.14. The van der Waals surface area contributed by atoms with E-state index in [2.05, 4.69) is 37.5 Å². The highest BCUT2D eigenvalue weighted by Crippen LogP contribution is 2.31. The summed E-state index contributed by atoms with van der Waals surface area (Å²) >= 11 is 0. The molecule has 7 nitrogen and oxygen atoms in total. The van der Waals surface area contributed by atoms with Gasteiger partial charge in [0.25, 0.3) is 0 Å². The first-order valence-electron chi connectivity index (χ1n) is 12.0. The van der Waals surface area contributed by atoms with Gasteiger partial charge >= 0.3 is 0 Å². The van der Waals surface area contributed by atoms with E-state index in [0.29, 0.717) is 34.6 Å². The third kappa shape index (κ3) is 4.48. The number of nitrogens with one attached hydrogen (secondary N) is 2. The maximum absolute atomic E-state index is 14.9. The summed E-state index contributed by atoms with van der Waals surface area (Å²) < 4.78 is 31.6. The Bertz CT molecular complexity index is 1360. The van der Waals surface area contributed by atoms with Crippen LogP contribution in [-0.2, 0) is 0 Å². The molecule has 2 atom stereocenters. The molecule has 1 fully saturated rings. The van der Waals surface area contributed by atoms with Gasteiger partial charge in [0.2, 0.25) is 5.95 Å². The Hall–Kier alpha value is -3.46. The number of aryl methyl sites for hydroxylation is 1. The maximum Gasteiger partial charge on any atom is 0.229 e. The molecule has 4 aromatic rings. The number of halogens is 2. The van der Waals surface area contributed by atoms with Crippen LogP contribution in [0.2, 0.25) is 0 Å². The summed E-state index contributed by atoms with van der Waals surface area (Å²) in [6.07, 6.45) is 4.10. The van der Waals surface area contributed by atoms with Gasteiger partial charge in [0, 0.05) is 17.8 Å². The lowest BCUT2D eigenvalue weighted by molar-refractivity contribution is 0.486. The highest BCUT2D eigenvalue weighted by atomic mass is 19.1. The molecular weight excluding hydrogens is 448 g/mol. The van der Waals surface area contributed by atoms with E-state index in [0.717, 1.165) is 25.7 Å². The van der Waals surface area contributed by atoms with Gasteiger partial charge in [-0.1, -0.05) is 13.0 Å². The second-order valence-electron chi connectivity index (χ2n) is 9.48. The normalized spacial score (nSPS) is 16.8. The standard InChI is InChI=1S/C26H29F2N7/c1-14(2)35-16(4)32-25-20(27)9-19(10-22(25)35)24-21(28)13-31-26(34-24)33-23-6-5-17(12-30-23)15(3)18-7-8-29-11-18/h5-6,9-10,12-15,18,29H,7-8,11H2,1-4H3,(H,30,31,33,34)/t15-,18?/m1/s1. The minimum absolute atomic E-state index is 0.0106. The minimum Gasteiger partial charge on any atom is -0.326 e. The fourth-order valence-electron chi connectivity index (χ4n) is 4.93. The predicted molar refractivity (Wildman–Crippen MR) is 133 cm³/mol. The average Bonchev–Trinajstić information content (AvgIpc) is 3.48. The van der Waals surface area contributed by atoms with Crippen molar-refractivity contribution in [2.75, 3.05) is 18.4 Å². The van der Waals surface area contributed by atoms with E-state index in [4.69, 9.17) is 0 Å². The van der Waals surface area contributed by atoms with Gasteiger partial charge in [0.15, 0.2) is 11.6 Å². The van der Waals surface area contributed by atoms with E-state index >= 15 is 0 Å². The number of hydrogen-bond acceptors (Lipinski definition) is 6. The van der Waals surface area contributed by atoms with Crippen molar-refractivity contribution >= 4 is 22.8 Å². The number of nitrogens with zero attached hydrogens (tertiary/aromatic N) is 5. The van der Waals surface area contributed by atoms with Crippen molar-refractivity contribution in [3.63, 3.8) is 0 Å². The van der Waals surface area contributed by atoms with Crippen LogP contribution < -0.4 is 10.6 Å². The molecule has 0 radical (unpaired) electrons. The van der Waals surface area contributed by atoms with E-state index in [1.807, 2.05) is 43.7 Å². The second kappa shape index (κ2) is 9.30. The summed E-state index contributed by atoms with van der Waals surface area (Å²) in [6.45, 7) is 10.1. The highest BCUT2D eigenvalue weighted by Gasteiger charge is 2.23. The number of pyridine rings is 1. The van der Waals surface area contributed by atoms with E-state index in [1.54, 1.807) is 6.07 Å².